The van der Waals surface area contributed by atoms with Crippen molar-refractivity contribution in [2.24, 2.45) is 0 Å². The van der Waals surface area contributed by atoms with E-state index in [-0.39, 0.29) is 0 Å². The number of terminal acetylenes is 1. The molecule has 0 saturated carbocycles. The van der Waals surface area contributed by atoms with Gasteiger partial charge in [-0.1, -0.05) is 23.7 Å². The van der Waals surface area contributed by atoms with Gasteiger partial charge < -0.3 is 0 Å². The maximum atomic E-state index is 5.27. The molecule has 0 radical (unpaired) electrons. The van der Waals surface area contributed by atoms with E-state index in [4.69, 9.17) is 6.42 Å². The molecule has 3 heterocycles. The summed E-state index contributed by atoms with van der Waals surface area (Å²) in [5.41, 5.74) is 3.71. The molecule has 0 aliphatic rings. The Kier molecular flexibility index (Phi) is 3.40. The minimum Gasteiger partial charge on any atom is -0.298 e. The lowest BCUT2D eigenvalue weighted by Crippen LogP contribution is -1.94. The Balaban J connectivity index is 2.11. The third-order valence-corrected chi connectivity index (χ3v) is 3.63. The monoisotopic (exact) mass is 280 g/mol. The molecule has 0 saturated heterocycles. The Bertz CT molecular complexity index is 801. The van der Waals surface area contributed by atoms with Crippen LogP contribution in [0.4, 0.5) is 0 Å². The molecule has 3 rings (SSSR count). The zero-order chi connectivity index (χ0) is 13.9. The molecule has 3 aromatic rings. The van der Waals surface area contributed by atoms with Crippen molar-refractivity contribution in [1.82, 2.24) is 19.4 Å². The number of rotatable bonds is 3. The maximum absolute atomic E-state index is 5.27. The van der Waals surface area contributed by atoms with E-state index in [0.29, 0.717) is 10.9 Å². The molecule has 0 amide bonds. The summed E-state index contributed by atoms with van der Waals surface area (Å²) < 4.78 is 2.04. The predicted octanol–water partition coefficient (Wildman–Crippen LogP) is 2.83. The third kappa shape index (κ3) is 2.26. The van der Waals surface area contributed by atoms with E-state index < -0.39 is 0 Å². The largest absolute Gasteiger partial charge is 0.298 e. The highest BCUT2D eigenvalue weighted by Gasteiger charge is 2.12. The number of nitrogens with zero attached hydrogens (tertiary/aromatic N) is 4. The summed E-state index contributed by atoms with van der Waals surface area (Å²) in [6, 6.07) is 7.82. The highest BCUT2D eigenvalue weighted by Crippen LogP contribution is 2.24. The van der Waals surface area contributed by atoms with E-state index in [2.05, 4.69) is 20.9 Å². The van der Waals surface area contributed by atoms with Crippen LogP contribution in [-0.2, 0) is 0 Å². The van der Waals surface area contributed by atoms with E-state index in [9.17, 15) is 0 Å². The molecule has 98 valence electrons. The Hall–Kier alpha value is -2.32. The lowest BCUT2D eigenvalue weighted by Gasteiger charge is -2.04. The third-order valence-electron chi connectivity index (χ3n) is 2.86. The van der Waals surface area contributed by atoms with E-state index in [1.54, 1.807) is 6.20 Å². The van der Waals surface area contributed by atoms with Gasteiger partial charge in [-0.2, -0.15) is 0 Å². The summed E-state index contributed by atoms with van der Waals surface area (Å²) in [5.74, 6) is 3.14. The van der Waals surface area contributed by atoms with Crippen molar-refractivity contribution in [2.75, 3.05) is 5.75 Å². The zero-order valence-electron chi connectivity index (χ0n) is 10.9. The topological polar surface area (TPSA) is 43.1 Å². The Morgan fingerprint density at radius 2 is 2.20 bits per heavy atom. The number of aromatic nitrogens is 4. The van der Waals surface area contributed by atoms with Gasteiger partial charge in [0, 0.05) is 12.4 Å². The van der Waals surface area contributed by atoms with Gasteiger partial charge in [-0.3, -0.25) is 4.40 Å². The first-order chi connectivity index (χ1) is 9.79. The number of aryl methyl sites for hydroxylation is 1. The van der Waals surface area contributed by atoms with Gasteiger partial charge in [-0.05, 0) is 25.1 Å². The fraction of sp³-hybridized carbons (Fsp3) is 0.133. The highest BCUT2D eigenvalue weighted by atomic mass is 32.2. The average molecular weight is 280 g/mol. The molecule has 0 aliphatic heterocycles. The molecular weight excluding hydrogens is 268 g/mol. The number of thioether (sulfide) groups is 1. The Morgan fingerprint density at radius 3 is 3.05 bits per heavy atom. The van der Waals surface area contributed by atoms with Crippen LogP contribution in [0.1, 0.15) is 5.69 Å². The van der Waals surface area contributed by atoms with Crippen LogP contribution in [0.5, 0.6) is 0 Å². The highest BCUT2D eigenvalue weighted by molar-refractivity contribution is 7.99. The van der Waals surface area contributed by atoms with Crippen LogP contribution in [0.3, 0.4) is 0 Å². The minimum atomic E-state index is 0.565. The number of fused-ring (bicyclic) bond motifs is 1. The minimum absolute atomic E-state index is 0.565. The van der Waals surface area contributed by atoms with Crippen molar-refractivity contribution in [3.63, 3.8) is 0 Å². The van der Waals surface area contributed by atoms with Crippen molar-refractivity contribution < 1.29 is 0 Å². The first-order valence-corrected chi connectivity index (χ1v) is 7.11. The summed E-state index contributed by atoms with van der Waals surface area (Å²) in [6.07, 6.45) is 9.01. The SMILES string of the molecule is C#CCSc1nccc(-c2c(C)nc3ccccn23)n1. The van der Waals surface area contributed by atoms with Crippen molar-refractivity contribution in [3.05, 3.63) is 42.4 Å². The van der Waals surface area contributed by atoms with E-state index in [1.807, 2.05) is 41.8 Å². The fourth-order valence-electron chi connectivity index (χ4n) is 2.07. The van der Waals surface area contributed by atoms with Crippen LogP contribution in [0.15, 0.2) is 41.8 Å². The van der Waals surface area contributed by atoms with Gasteiger partial charge >= 0.3 is 0 Å². The predicted molar refractivity (Wildman–Crippen MR) is 80.5 cm³/mol. The summed E-state index contributed by atoms with van der Waals surface area (Å²) >= 11 is 1.46. The Labute approximate surface area is 121 Å². The quantitative estimate of drug-likeness (QED) is 0.420. The smallest absolute Gasteiger partial charge is 0.189 e. The van der Waals surface area contributed by atoms with Gasteiger partial charge in [0.15, 0.2) is 5.16 Å². The first-order valence-electron chi connectivity index (χ1n) is 6.13. The van der Waals surface area contributed by atoms with E-state index >= 15 is 0 Å². The molecule has 0 N–H and O–H groups in total. The van der Waals surface area contributed by atoms with E-state index in [0.717, 1.165) is 22.7 Å². The van der Waals surface area contributed by atoms with Gasteiger partial charge in [0.25, 0.3) is 0 Å². The summed E-state index contributed by atoms with van der Waals surface area (Å²) in [4.78, 5) is 13.3. The van der Waals surface area contributed by atoms with E-state index in [1.165, 1.54) is 11.8 Å². The summed E-state index contributed by atoms with van der Waals surface area (Å²) in [5, 5.41) is 0.686. The summed E-state index contributed by atoms with van der Waals surface area (Å²) in [7, 11) is 0. The zero-order valence-corrected chi connectivity index (χ0v) is 11.8. The Morgan fingerprint density at radius 1 is 1.30 bits per heavy atom. The lowest BCUT2D eigenvalue weighted by atomic mass is 10.2. The van der Waals surface area contributed by atoms with Crippen LogP contribution in [0.2, 0.25) is 0 Å². The summed E-state index contributed by atoms with van der Waals surface area (Å²) in [6.45, 7) is 1.98. The molecule has 0 fully saturated rings. The van der Waals surface area contributed by atoms with Crippen molar-refractivity contribution in [3.8, 4) is 23.7 Å². The van der Waals surface area contributed by atoms with Crippen molar-refractivity contribution in [1.29, 1.82) is 0 Å². The average Bonchev–Trinajstić information content (AvgIpc) is 2.81. The van der Waals surface area contributed by atoms with Gasteiger partial charge in [0.1, 0.15) is 5.65 Å². The molecule has 20 heavy (non-hydrogen) atoms. The van der Waals surface area contributed by atoms with Crippen LogP contribution < -0.4 is 0 Å². The molecular formula is C15H12N4S. The molecule has 0 atom stereocenters. The molecule has 0 bridgehead atoms. The van der Waals surface area contributed by atoms with Gasteiger partial charge in [0.2, 0.25) is 0 Å². The lowest BCUT2D eigenvalue weighted by molar-refractivity contribution is 0.965. The van der Waals surface area contributed by atoms with Crippen LogP contribution in [0, 0.1) is 19.3 Å². The second-order valence-electron chi connectivity index (χ2n) is 4.19. The normalized spacial score (nSPS) is 10.6. The number of pyridine rings is 1. The van der Waals surface area contributed by atoms with Gasteiger partial charge in [0.05, 0.1) is 22.8 Å². The molecule has 3 aromatic heterocycles. The van der Waals surface area contributed by atoms with Crippen LogP contribution in [0.25, 0.3) is 17.0 Å². The molecule has 0 aromatic carbocycles. The molecule has 0 unspecified atom stereocenters. The van der Waals surface area contributed by atoms with Gasteiger partial charge in [-0.25, -0.2) is 15.0 Å². The maximum Gasteiger partial charge on any atom is 0.189 e. The molecule has 5 heteroatoms. The standard InChI is InChI=1S/C15H12N4S/c1-3-10-20-15-16-8-7-12(18-15)14-11(2)17-13-6-4-5-9-19(13)14/h1,4-9H,10H2,2H3. The number of hydrogen-bond acceptors (Lipinski definition) is 4. The molecule has 0 spiro atoms. The van der Waals surface area contributed by atoms with Gasteiger partial charge in [-0.15, -0.1) is 6.42 Å². The second kappa shape index (κ2) is 5.35. The number of hydrogen-bond donors (Lipinski definition) is 0. The van der Waals surface area contributed by atoms with Crippen molar-refractivity contribution >= 4 is 17.4 Å². The fourth-order valence-corrected chi connectivity index (χ4v) is 2.58. The molecule has 4 nitrogen and oxygen atoms in total. The van der Waals surface area contributed by atoms with Crippen molar-refractivity contribution in [2.45, 2.75) is 12.1 Å². The number of imidazole rings is 1. The van der Waals surface area contributed by atoms with Crippen LogP contribution in [-0.4, -0.2) is 25.1 Å². The first kappa shape index (κ1) is 12.7. The molecule has 0 aliphatic carbocycles. The second-order valence-corrected chi connectivity index (χ2v) is 5.13. The van der Waals surface area contributed by atoms with Crippen LogP contribution >= 0.6 is 11.8 Å².